The van der Waals surface area contributed by atoms with E-state index < -0.39 is 27.1 Å². The molecule has 0 amide bonds. The molecule has 0 atom stereocenters. The van der Waals surface area contributed by atoms with Gasteiger partial charge in [-0.15, -0.1) is 0 Å². The number of aromatic amines is 1. The minimum Gasteiger partial charge on any atom is -0.385 e. The van der Waals surface area contributed by atoms with Gasteiger partial charge in [-0.25, -0.2) is 4.79 Å². The van der Waals surface area contributed by atoms with E-state index in [-0.39, 0.29) is 36.9 Å². The van der Waals surface area contributed by atoms with E-state index in [2.05, 4.69) is 4.98 Å². The van der Waals surface area contributed by atoms with Crippen molar-refractivity contribution in [1.82, 2.24) is 9.55 Å². The maximum absolute atomic E-state index is 12.8. The molecule has 0 saturated carbocycles. The second kappa shape index (κ2) is 11.5. The Hall–Kier alpha value is -3.57. The van der Waals surface area contributed by atoms with Crippen LogP contribution < -0.4 is 26.1 Å². The molecule has 0 saturated heterocycles. The molecule has 2 aromatic carbocycles. The molecule has 3 rings (SSSR count). The van der Waals surface area contributed by atoms with Crippen molar-refractivity contribution in [2.24, 2.45) is 0 Å². The number of nitrogens with two attached hydrogens (primary N) is 1. The minimum atomic E-state index is -3.96. The molecule has 0 spiro atoms. The Morgan fingerprint density at radius 1 is 1.00 bits per heavy atom. The summed E-state index contributed by atoms with van der Waals surface area (Å²) in [5.74, 6) is -0.246. The summed E-state index contributed by atoms with van der Waals surface area (Å²) < 4.78 is 36.6. The Labute approximate surface area is 197 Å². The first kappa shape index (κ1) is 25.1. The van der Waals surface area contributed by atoms with Gasteiger partial charge in [-0.05, 0) is 24.1 Å². The maximum Gasteiger partial charge on any atom is 0.330 e. The Kier molecular flexibility index (Phi) is 8.50. The highest BCUT2D eigenvalue weighted by molar-refractivity contribution is 7.87. The monoisotopic (exact) mass is 488 g/mol. The van der Waals surface area contributed by atoms with Gasteiger partial charge in [0.05, 0.1) is 6.54 Å². The van der Waals surface area contributed by atoms with Crippen molar-refractivity contribution >= 4 is 21.6 Å². The van der Waals surface area contributed by atoms with Crippen LogP contribution in [-0.4, -0.2) is 50.5 Å². The molecule has 182 valence electrons. The Morgan fingerprint density at radius 3 is 2.29 bits per heavy atom. The lowest BCUT2D eigenvalue weighted by atomic mass is 10.2. The zero-order chi connectivity index (χ0) is 24.6. The fourth-order valence-electron chi connectivity index (χ4n) is 3.43. The first-order valence-corrected chi connectivity index (χ1v) is 12.3. The van der Waals surface area contributed by atoms with Gasteiger partial charge in [0.15, 0.2) is 0 Å². The smallest absolute Gasteiger partial charge is 0.330 e. The number of hydrogen-bond acceptors (Lipinski definition) is 8. The van der Waals surface area contributed by atoms with Crippen LogP contribution in [0, 0.1) is 0 Å². The van der Waals surface area contributed by atoms with Crippen molar-refractivity contribution in [3.63, 3.8) is 0 Å². The van der Waals surface area contributed by atoms with Gasteiger partial charge in [0, 0.05) is 26.8 Å². The van der Waals surface area contributed by atoms with Gasteiger partial charge >= 0.3 is 15.8 Å². The highest BCUT2D eigenvalue weighted by atomic mass is 32.2. The van der Waals surface area contributed by atoms with Gasteiger partial charge in [-0.1, -0.05) is 48.5 Å². The van der Waals surface area contributed by atoms with Crippen LogP contribution in [0.15, 0.2) is 70.3 Å². The summed E-state index contributed by atoms with van der Waals surface area (Å²) >= 11 is 0. The van der Waals surface area contributed by atoms with Gasteiger partial charge in [0.25, 0.3) is 5.56 Å². The first-order chi connectivity index (χ1) is 16.3. The highest BCUT2D eigenvalue weighted by Crippen LogP contribution is 2.19. The minimum absolute atomic E-state index is 0.0292. The molecule has 1 aromatic heterocycles. The van der Waals surface area contributed by atoms with E-state index in [1.165, 1.54) is 16.7 Å². The van der Waals surface area contributed by atoms with Gasteiger partial charge in [0.1, 0.15) is 23.0 Å². The molecule has 0 radical (unpaired) electrons. The van der Waals surface area contributed by atoms with Crippen LogP contribution in [0.3, 0.4) is 0 Å². The Morgan fingerprint density at radius 2 is 1.65 bits per heavy atom. The van der Waals surface area contributed by atoms with Crippen molar-refractivity contribution in [2.75, 3.05) is 43.2 Å². The third-order valence-electron chi connectivity index (χ3n) is 5.07. The second-order valence-corrected chi connectivity index (χ2v) is 9.25. The maximum atomic E-state index is 12.8. The van der Waals surface area contributed by atoms with E-state index in [1.807, 2.05) is 30.3 Å². The lowest BCUT2D eigenvalue weighted by molar-refractivity contribution is 0.196. The van der Waals surface area contributed by atoms with Crippen LogP contribution in [0.5, 0.6) is 5.75 Å². The Bertz CT molecular complexity index is 1290. The number of nitrogens with zero attached hydrogens (tertiary/aromatic N) is 2. The Balaban J connectivity index is 1.89. The predicted molar refractivity (Wildman–Crippen MR) is 131 cm³/mol. The predicted octanol–water partition coefficient (Wildman–Crippen LogP) is 1.42. The largest absolute Gasteiger partial charge is 0.385 e. The van der Waals surface area contributed by atoms with Gasteiger partial charge in [-0.3, -0.25) is 14.3 Å². The van der Waals surface area contributed by atoms with Crippen molar-refractivity contribution in [1.29, 1.82) is 0 Å². The highest BCUT2D eigenvalue weighted by Gasteiger charge is 2.22. The van der Waals surface area contributed by atoms with E-state index in [4.69, 9.17) is 14.7 Å². The number of nitrogen functional groups attached to an aromatic ring is 1. The van der Waals surface area contributed by atoms with E-state index in [1.54, 1.807) is 30.2 Å². The number of methoxy groups -OCH3 is 1. The molecular weight excluding hydrogens is 460 g/mol. The van der Waals surface area contributed by atoms with Crippen molar-refractivity contribution < 1.29 is 17.3 Å². The number of aromatic nitrogens is 2. The lowest BCUT2D eigenvalue weighted by Gasteiger charge is -2.26. The number of hydrogen-bond donors (Lipinski definition) is 2. The third kappa shape index (κ3) is 6.72. The molecule has 1 heterocycles. The number of anilines is 2. The quantitative estimate of drug-likeness (QED) is 0.288. The molecule has 0 aliphatic heterocycles. The average molecular weight is 489 g/mol. The summed E-state index contributed by atoms with van der Waals surface area (Å²) in [5.41, 5.74) is 5.80. The number of para-hydroxylation sites is 1. The van der Waals surface area contributed by atoms with Crippen molar-refractivity contribution in [3.8, 4) is 5.75 Å². The molecule has 0 fully saturated rings. The number of benzene rings is 2. The fourth-order valence-corrected chi connectivity index (χ4v) is 4.36. The molecular formula is C23H28N4O6S. The molecule has 11 heteroatoms. The van der Waals surface area contributed by atoms with Crippen molar-refractivity contribution in [3.05, 3.63) is 87.1 Å². The number of H-pyrrole nitrogens is 1. The molecule has 34 heavy (non-hydrogen) atoms. The molecule has 0 unspecified atom stereocenters. The summed E-state index contributed by atoms with van der Waals surface area (Å²) in [7, 11) is -2.41. The lowest BCUT2D eigenvalue weighted by Crippen LogP contribution is -2.41. The van der Waals surface area contributed by atoms with E-state index in [9.17, 15) is 18.0 Å². The molecule has 0 aliphatic carbocycles. The van der Waals surface area contributed by atoms with Crippen molar-refractivity contribution in [2.45, 2.75) is 13.0 Å². The molecule has 3 N–H and O–H groups in total. The molecule has 10 nitrogen and oxygen atoms in total. The average Bonchev–Trinajstić information content (AvgIpc) is 2.81. The van der Waals surface area contributed by atoms with Crippen LogP contribution in [0.2, 0.25) is 0 Å². The van der Waals surface area contributed by atoms with Crippen LogP contribution in [-0.2, 0) is 21.4 Å². The SMILES string of the molecule is COCCCN(CCS(=O)(=O)Oc1ccccc1)c1c(N)n(Cc2ccccc2)c(=O)[nH]c1=O. The topological polar surface area (TPSA) is 137 Å². The summed E-state index contributed by atoms with van der Waals surface area (Å²) in [4.78, 5) is 29.1. The van der Waals surface area contributed by atoms with Gasteiger partial charge in [-0.2, -0.15) is 8.42 Å². The van der Waals surface area contributed by atoms with Gasteiger partial charge in [0.2, 0.25) is 0 Å². The fraction of sp³-hybridized carbons (Fsp3) is 0.304. The van der Waals surface area contributed by atoms with E-state index >= 15 is 0 Å². The third-order valence-corrected chi connectivity index (χ3v) is 6.20. The summed E-state index contributed by atoms with van der Waals surface area (Å²) in [5, 5.41) is 0. The molecule has 0 bridgehead atoms. The van der Waals surface area contributed by atoms with E-state index in [0.717, 1.165) is 5.56 Å². The number of rotatable bonds is 12. The number of ether oxygens (including phenoxy) is 1. The van der Waals surface area contributed by atoms with Crippen LogP contribution >= 0.6 is 0 Å². The molecule has 0 aliphatic rings. The zero-order valence-corrected chi connectivity index (χ0v) is 19.7. The second-order valence-electron chi connectivity index (χ2n) is 7.56. The zero-order valence-electron chi connectivity index (χ0n) is 18.8. The normalized spacial score (nSPS) is 11.3. The molecule has 3 aromatic rings. The summed E-state index contributed by atoms with van der Waals surface area (Å²) in [6, 6.07) is 17.3. The number of nitrogens with one attached hydrogen (secondary N) is 1. The standard InChI is InChI=1S/C23H28N4O6S/c1-32-15-8-13-26(14-16-34(30,31)33-19-11-6-3-7-12-19)20-21(24)27(23(29)25-22(20)28)17-18-9-4-2-5-10-18/h2-7,9-12H,8,13-17,24H2,1H3,(H,25,28,29). The van der Waals surface area contributed by atoms with E-state index in [0.29, 0.717) is 13.0 Å². The van der Waals surface area contributed by atoms with Crippen LogP contribution in [0.1, 0.15) is 12.0 Å². The first-order valence-electron chi connectivity index (χ1n) is 10.7. The van der Waals surface area contributed by atoms with Gasteiger partial charge < -0.3 is 19.6 Å². The summed E-state index contributed by atoms with van der Waals surface area (Å²) in [6.07, 6.45) is 0.507. The van der Waals surface area contributed by atoms with Crippen LogP contribution in [0.4, 0.5) is 11.5 Å². The summed E-state index contributed by atoms with van der Waals surface area (Å²) in [6.45, 7) is 0.753. The van der Waals surface area contributed by atoms with Crippen LogP contribution in [0.25, 0.3) is 0 Å².